The molecule has 3 N–H and O–H groups in total. The van der Waals surface area contributed by atoms with E-state index in [1.807, 2.05) is 31.3 Å². The van der Waals surface area contributed by atoms with Gasteiger partial charge in [-0.3, -0.25) is 4.79 Å². The molecule has 0 atom stereocenters. The monoisotopic (exact) mass is 399 g/mol. The molecule has 28 heavy (non-hydrogen) atoms. The molecule has 2 aromatic carbocycles. The molecule has 1 aromatic heterocycles. The van der Waals surface area contributed by atoms with Gasteiger partial charge in [0.25, 0.3) is 0 Å². The summed E-state index contributed by atoms with van der Waals surface area (Å²) in [7, 11) is -3.49. The summed E-state index contributed by atoms with van der Waals surface area (Å²) in [6, 6.07) is 14.3. The lowest BCUT2D eigenvalue weighted by atomic mass is 10.1. The molecule has 0 radical (unpaired) electrons. The molecule has 3 rings (SSSR count). The smallest absolute Gasteiger partial charge is 0.240 e. The Morgan fingerprint density at radius 2 is 1.82 bits per heavy atom. The number of aromatic amines is 1. The average molecular weight is 400 g/mol. The van der Waals surface area contributed by atoms with Gasteiger partial charge in [0.05, 0.1) is 4.90 Å². The third-order valence-corrected chi connectivity index (χ3v) is 5.99. The number of carbonyl (C=O) groups excluding carboxylic acids is 1. The Bertz CT molecular complexity index is 1040. The molecular formula is C21H25N3O3S. The zero-order valence-electron chi connectivity index (χ0n) is 15.9. The van der Waals surface area contributed by atoms with E-state index in [2.05, 4.69) is 21.1 Å². The summed E-state index contributed by atoms with van der Waals surface area (Å²) in [6.45, 7) is 2.30. The number of para-hydroxylation sites is 1. The van der Waals surface area contributed by atoms with Crippen molar-refractivity contribution in [3.8, 4) is 0 Å². The van der Waals surface area contributed by atoms with Gasteiger partial charge in [-0.05, 0) is 55.2 Å². The van der Waals surface area contributed by atoms with Gasteiger partial charge in [0.15, 0.2) is 0 Å². The Kier molecular flexibility index (Phi) is 6.49. The van der Waals surface area contributed by atoms with Gasteiger partial charge in [-0.15, -0.1) is 0 Å². The molecule has 148 valence electrons. The standard InChI is InChI=1S/C21H25N3O3S/c1-2-14-23-28(26,27)18-12-10-17(11-13-18)24-21(25)9-5-6-16-15-22-20-8-4-3-7-19(16)20/h3-4,7-8,10-13,15,22-23H,2,5-6,9,14H2,1H3,(H,24,25). The normalized spacial score (nSPS) is 11.6. The summed E-state index contributed by atoms with van der Waals surface area (Å²) >= 11 is 0. The number of benzene rings is 2. The van der Waals surface area contributed by atoms with Crippen LogP contribution in [0.1, 0.15) is 31.7 Å². The third kappa shape index (κ3) is 4.99. The number of nitrogens with one attached hydrogen (secondary N) is 3. The van der Waals surface area contributed by atoms with Crippen LogP contribution in [0.25, 0.3) is 10.9 Å². The number of hydrogen-bond acceptors (Lipinski definition) is 3. The fourth-order valence-electron chi connectivity index (χ4n) is 3.04. The first-order valence-electron chi connectivity index (χ1n) is 9.44. The van der Waals surface area contributed by atoms with Crippen LogP contribution in [0, 0.1) is 0 Å². The lowest BCUT2D eigenvalue weighted by Crippen LogP contribution is -2.24. The second-order valence-electron chi connectivity index (χ2n) is 6.68. The fraction of sp³-hybridized carbons (Fsp3) is 0.286. The maximum absolute atomic E-state index is 12.2. The molecule has 6 nitrogen and oxygen atoms in total. The van der Waals surface area contributed by atoms with E-state index in [0.717, 1.165) is 24.8 Å². The van der Waals surface area contributed by atoms with Gasteiger partial charge in [0.1, 0.15) is 0 Å². The van der Waals surface area contributed by atoms with Crippen molar-refractivity contribution in [3.05, 3.63) is 60.3 Å². The van der Waals surface area contributed by atoms with E-state index >= 15 is 0 Å². The second kappa shape index (κ2) is 9.03. The lowest BCUT2D eigenvalue weighted by Gasteiger charge is -2.08. The SMILES string of the molecule is CCCNS(=O)(=O)c1ccc(NC(=O)CCCc2c[nH]c3ccccc23)cc1. The Labute approximate surface area is 165 Å². The highest BCUT2D eigenvalue weighted by Gasteiger charge is 2.13. The highest BCUT2D eigenvalue weighted by Crippen LogP contribution is 2.20. The van der Waals surface area contributed by atoms with Crippen molar-refractivity contribution in [2.24, 2.45) is 0 Å². The van der Waals surface area contributed by atoms with Gasteiger partial charge in [-0.2, -0.15) is 0 Å². The van der Waals surface area contributed by atoms with Crippen LogP contribution in [0.5, 0.6) is 0 Å². The predicted octanol–water partition coefficient (Wildman–Crippen LogP) is 3.82. The average Bonchev–Trinajstić information content (AvgIpc) is 3.10. The quantitative estimate of drug-likeness (QED) is 0.511. The van der Waals surface area contributed by atoms with Crippen LogP contribution in [0.3, 0.4) is 0 Å². The number of fused-ring (bicyclic) bond motifs is 1. The van der Waals surface area contributed by atoms with Crippen molar-refractivity contribution in [3.63, 3.8) is 0 Å². The zero-order valence-corrected chi connectivity index (χ0v) is 16.7. The van der Waals surface area contributed by atoms with E-state index in [1.165, 1.54) is 23.1 Å². The van der Waals surface area contributed by atoms with Gasteiger partial charge in [0, 0.05) is 35.8 Å². The minimum atomic E-state index is -3.49. The van der Waals surface area contributed by atoms with Crippen molar-refractivity contribution in [2.75, 3.05) is 11.9 Å². The Morgan fingerprint density at radius 3 is 2.57 bits per heavy atom. The summed E-state index contributed by atoms with van der Waals surface area (Å²) in [5.41, 5.74) is 2.90. The summed E-state index contributed by atoms with van der Waals surface area (Å²) in [6.07, 6.45) is 4.68. The van der Waals surface area contributed by atoms with Crippen LogP contribution in [-0.2, 0) is 21.2 Å². The maximum Gasteiger partial charge on any atom is 0.240 e. The van der Waals surface area contributed by atoms with Gasteiger partial charge in [-0.1, -0.05) is 25.1 Å². The molecule has 0 saturated carbocycles. The zero-order chi connectivity index (χ0) is 20.0. The number of carbonyl (C=O) groups is 1. The number of aromatic nitrogens is 1. The van der Waals surface area contributed by atoms with Crippen molar-refractivity contribution < 1.29 is 13.2 Å². The number of anilines is 1. The van der Waals surface area contributed by atoms with Crippen LogP contribution in [0.4, 0.5) is 5.69 Å². The summed E-state index contributed by atoms with van der Waals surface area (Å²) in [4.78, 5) is 15.6. The van der Waals surface area contributed by atoms with Crippen LogP contribution >= 0.6 is 0 Å². The Hall–Kier alpha value is -2.64. The highest BCUT2D eigenvalue weighted by atomic mass is 32.2. The third-order valence-electron chi connectivity index (χ3n) is 4.52. The molecule has 0 aliphatic heterocycles. The van der Waals surface area contributed by atoms with Gasteiger partial charge < -0.3 is 10.3 Å². The minimum absolute atomic E-state index is 0.0837. The lowest BCUT2D eigenvalue weighted by molar-refractivity contribution is -0.116. The van der Waals surface area contributed by atoms with E-state index in [9.17, 15) is 13.2 Å². The van der Waals surface area contributed by atoms with Crippen LogP contribution in [0.2, 0.25) is 0 Å². The van der Waals surface area contributed by atoms with Crippen molar-refractivity contribution in [1.82, 2.24) is 9.71 Å². The second-order valence-corrected chi connectivity index (χ2v) is 8.45. The van der Waals surface area contributed by atoms with Crippen LogP contribution in [0.15, 0.2) is 59.6 Å². The molecule has 7 heteroatoms. The molecule has 3 aromatic rings. The first-order chi connectivity index (χ1) is 13.5. The molecule has 0 unspecified atom stereocenters. The number of amides is 1. The van der Waals surface area contributed by atoms with Gasteiger partial charge >= 0.3 is 0 Å². The Balaban J connectivity index is 1.51. The van der Waals surface area contributed by atoms with Crippen molar-refractivity contribution >= 4 is 32.5 Å². The minimum Gasteiger partial charge on any atom is -0.361 e. The molecule has 0 saturated heterocycles. The maximum atomic E-state index is 12.2. The van der Waals surface area contributed by atoms with E-state index in [4.69, 9.17) is 0 Å². The molecule has 0 bridgehead atoms. The number of sulfonamides is 1. The van der Waals surface area contributed by atoms with Crippen molar-refractivity contribution in [1.29, 1.82) is 0 Å². The number of H-pyrrole nitrogens is 1. The molecule has 1 amide bonds. The van der Waals surface area contributed by atoms with E-state index in [1.54, 1.807) is 12.1 Å². The Morgan fingerprint density at radius 1 is 1.07 bits per heavy atom. The molecule has 1 heterocycles. The first-order valence-corrected chi connectivity index (χ1v) is 10.9. The van der Waals surface area contributed by atoms with Gasteiger partial charge in [-0.25, -0.2) is 13.1 Å². The van der Waals surface area contributed by atoms with Crippen LogP contribution < -0.4 is 10.0 Å². The van der Waals surface area contributed by atoms with Gasteiger partial charge in [0.2, 0.25) is 15.9 Å². The molecule has 0 aliphatic rings. The fourth-order valence-corrected chi connectivity index (χ4v) is 4.17. The van der Waals surface area contributed by atoms with Crippen molar-refractivity contribution in [2.45, 2.75) is 37.5 Å². The molecule has 0 aliphatic carbocycles. The summed E-state index contributed by atoms with van der Waals surface area (Å²) in [5, 5.41) is 4.01. The van der Waals surface area contributed by atoms with E-state index in [-0.39, 0.29) is 10.8 Å². The van der Waals surface area contributed by atoms with E-state index in [0.29, 0.717) is 18.7 Å². The summed E-state index contributed by atoms with van der Waals surface area (Å²) in [5.74, 6) is -0.0837. The highest BCUT2D eigenvalue weighted by molar-refractivity contribution is 7.89. The largest absolute Gasteiger partial charge is 0.361 e. The number of hydrogen-bond donors (Lipinski definition) is 3. The molecule has 0 spiro atoms. The summed E-state index contributed by atoms with van der Waals surface area (Å²) < 4.78 is 26.7. The predicted molar refractivity (Wildman–Crippen MR) is 112 cm³/mol. The van der Waals surface area contributed by atoms with E-state index < -0.39 is 10.0 Å². The first kappa shape index (κ1) is 20.1. The van der Waals surface area contributed by atoms with Crippen LogP contribution in [-0.4, -0.2) is 25.9 Å². The molecular weight excluding hydrogens is 374 g/mol. The number of aryl methyl sites for hydroxylation is 1. The topological polar surface area (TPSA) is 91.1 Å². The molecule has 0 fully saturated rings. The number of rotatable bonds is 9.